The standard InChI is InChI=1S/C9H18N4S/c1-9(2,6-13(3)4)5-10-8-11-7-12-14-8/h7H,5-6H2,1-4H3,(H,10,11,12). The number of hydrogen-bond donors (Lipinski definition) is 1. The zero-order valence-electron chi connectivity index (χ0n) is 9.24. The van der Waals surface area contributed by atoms with E-state index < -0.39 is 0 Å². The van der Waals surface area contributed by atoms with Gasteiger partial charge in [0.15, 0.2) is 0 Å². The fourth-order valence-corrected chi connectivity index (χ4v) is 1.90. The average Bonchev–Trinajstić information content (AvgIpc) is 2.50. The molecule has 1 N–H and O–H groups in total. The Hall–Kier alpha value is -0.680. The van der Waals surface area contributed by atoms with E-state index in [0.29, 0.717) is 0 Å². The second-order valence-electron chi connectivity index (χ2n) is 4.50. The second-order valence-corrected chi connectivity index (χ2v) is 5.28. The number of aromatic nitrogens is 2. The van der Waals surface area contributed by atoms with Gasteiger partial charge in [-0.1, -0.05) is 13.8 Å². The maximum Gasteiger partial charge on any atom is 0.202 e. The molecule has 0 aliphatic rings. The molecule has 0 fully saturated rings. The summed E-state index contributed by atoms with van der Waals surface area (Å²) in [6.07, 6.45) is 1.58. The lowest BCUT2D eigenvalue weighted by molar-refractivity contribution is 0.254. The number of nitrogens with zero attached hydrogens (tertiary/aromatic N) is 3. The Morgan fingerprint density at radius 1 is 1.50 bits per heavy atom. The highest BCUT2D eigenvalue weighted by molar-refractivity contribution is 7.09. The smallest absolute Gasteiger partial charge is 0.202 e. The maximum absolute atomic E-state index is 4.08. The fourth-order valence-electron chi connectivity index (χ4n) is 1.48. The third kappa shape index (κ3) is 4.02. The van der Waals surface area contributed by atoms with E-state index in [1.54, 1.807) is 6.33 Å². The lowest BCUT2D eigenvalue weighted by Crippen LogP contribution is -2.34. The van der Waals surface area contributed by atoms with Crippen LogP contribution in [-0.2, 0) is 0 Å². The molecular formula is C9H18N4S. The quantitative estimate of drug-likeness (QED) is 0.807. The van der Waals surface area contributed by atoms with Crippen molar-refractivity contribution in [3.63, 3.8) is 0 Å². The summed E-state index contributed by atoms with van der Waals surface area (Å²) in [6.45, 7) is 6.45. The summed E-state index contributed by atoms with van der Waals surface area (Å²) in [4.78, 5) is 6.28. The summed E-state index contributed by atoms with van der Waals surface area (Å²) in [6, 6.07) is 0. The highest BCUT2D eigenvalue weighted by atomic mass is 32.1. The van der Waals surface area contributed by atoms with Crippen molar-refractivity contribution < 1.29 is 0 Å². The number of nitrogens with one attached hydrogen (secondary N) is 1. The van der Waals surface area contributed by atoms with Gasteiger partial charge >= 0.3 is 0 Å². The van der Waals surface area contributed by atoms with Gasteiger partial charge in [-0.15, -0.1) is 0 Å². The molecule has 1 rings (SSSR count). The van der Waals surface area contributed by atoms with Crippen molar-refractivity contribution in [1.82, 2.24) is 14.3 Å². The predicted octanol–water partition coefficient (Wildman–Crippen LogP) is 1.54. The van der Waals surface area contributed by atoms with Crippen LogP contribution >= 0.6 is 11.5 Å². The van der Waals surface area contributed by atoms with Crippen molar-refractivity contribution in [3.8, 4) is 0 Å². The predicted molar refractivity (Wildman–Crippen MR) is 60.7 cm³/mol. The first kappa shape index (κ1) is 11.4. The van der Waals surface area contributed by atoms with Gasteiger partial charge in [0, 0.05) is 24.6 Å². The number of anilines is 1. The van der Waals surface area contributed by atoms with E-state index in [0.717, 1.165) is 18.2 Å². The van der Waals surface area contributed by atoms with Gasteiger partial charge in [-0.2, -0.15) is 4.37 Å². The summed E-state index contributed by atoms with van der Waals surface area (Å²) in [5, 5.41) is 4.19. The second kappa shape index (κ2) is 4.70. The summed E-state index contributed by atoms with van der Waals surface area (Å²) in [7, 11) is 4.18. The summed E-state index contributed by atoms with van der Waals surface area (Å²) in [5.74, 6) is 0. The van der Waals surface area contributed by atoms with E-state index in [1.165, 1.54) is 11.5 Å². The molecule has 0 aromatic carbocycles. The molecule has 4 nitrogen and oxygen atoms in total. The van der Waals surface area contributed by atoms with Crippen molar-refractivity contribution >= 4 is 16.7 Å². The molecule has 0 atom stereocenters. The molecule has 1 heterocycles. The minimum atomic E-state index is 0.245. The molecule has 0 radical (unpaired) electrons. The summed E-state index contributed by atoms with van der Waals surface area (Å²) in [5.41, 5.74) is 0.245. The van der Waals surface area contributed by atoms with Gasteiger partial charge in [0.05, 0.1) is 0 Å². The third-order valence-corrected chi connectivity index (χ3v) is 2.45. The molecule has 0 spiro atoms. The van der Waals surface area contributed by atoms with E-state index in [2.05, 4.69) is 47.5 Å². The van der Waals surface area contributed by atoms with E-state index in [9.17, 15) is 0 Å². The normalized spacial score (nSPS) is 12.1. The van der Waals surface area contributed by atoms with Crippen LogP contribution in [0.3, 0.4) is 0 Å². The van der Waals surface area contributed by atoms with E-state index in [4.69, 9.17) is 0 Å². The summed E-state index contributed by atoms with van der Waals surface area (Å²) < 4.78 is 3.94. The van der Waals surface area contributed by atoms with Crippen LogP contribution in [0.5, 0.6) is 0 Å². The summed E-state index contributed by atoms with van der Waals surface area (Å²) >= 11 is 1.40. The van der Waals surface area contributed by atoms with Gasteiger partial charge in [0.2, 0.25) is 5.13 Å². The number of rotatable bonds is 5. The Kier molecular flexibility index (Phi) is 3.83. The first-order valence-corrected chi connectivity index (χ1v) is 5.42. The molecule has 0 saturated carbocycles. The van der Waals surface area contributed by atoms with Crippen LogP contribution in [0.4, 0.5) is 5.13 Å². The van der Waals surface area contributed by atoms with Crippen LogP contribution in [0.2, 0.25) is 0 Å². The molecule has 1 aromatic heterocycles. The first-order chi connectivity index (χ1) is 6.49. The van der Waals surface area contributed by atoms with Crippen molar-refractivity contribution in [2.24, 2.45) is 5.41 Å². The molecule has 0 bridgehead atoms. The molecular weight excluding hydrogens is 196 g/mol. The van der Waals surface area contributed by atoms with Crippen LogP contribution in [0.15, 0.2) is 6.33 Å². The Morgan fingerprint density at radius 3 is 2.71 bits per heavy atom. The Balaban J connectivity index is 2.36. The fraction of sp³-hybridized carbons (Fsp3) is 0.778. The Bertz CT molecular complexity index is 256. The first-order valence-electron chi connectivity index (χ1n) is 4.65. The molecule has 0 aliphatic carbocycles. The van der Waals surface area contributed by atoms with E-state index >= 15 is 0 Å². The molecule has 1 aromatic rings. The average molecular weight is 214 g/mol. The zero-order chi connectivity index (χ0) is 10.6. The SMILES string of the molecule is CN(C)CC(C)(C)CNc1ncns1. The highest BCUT2D eigenvalue weighted by Gasteiger charge is 2.18. The van der Waals surface area contributed by atoms with Crippen molar-refractivity contribution in [2.45, 2.75) is 13.8 Å². The van der Waals surface area contributed by atoms with E-state index in [1.807, 2.05) is 0 Å². The molecule has 0 unspecified atom stereocenters. The third-order valence-electron chi connectivity index (χ3n) is 1.82. The Labute approximate surface area is 89.5 Å². The van der Waals surface area contributed by atoms with Gasteiger partial charge in [0.1, 0.15) is 6.33 Å². The van der Waals surface area contributed by atoms with Gasteiger partial charge in [-0.05, 0) is 19.5 Å². The maximum atomic E-state index is 4.08. The van der Waals surface area contributed by atoms with E-state index in [-0.39, 0.29) is 5.41 Å². The van der Waals surface area contributed by atoms with Crippen LogP contribution in [0.25, 0.3) is 0 Å². The molecule has 0 aliphatic heterocycles. The minimum Gasteiger partial charge on any atom is -0.360 e. The highest BCUT2D eigenvalue weighted by Crippen LogP contribution is 2.17. The topological polar surface area (TPSA) is 41.0 Å². The van der Waals surface area contributed by atoms with Gasteiger partial charge in [0.25, 0.3) is 0 Å². The van der Waals surface area contributed by atoms with Crippen LogP contribution in [0.1, 0.15) is 13.8 Å². The number of hydrogen-bond acceptors (Lipinski definition) is 5. The van der Waals surface area contributed by atoms with Gasteiger partial charge < -0.3 is 10.2 Å². The zero-order valence-corrected chi connectivity index (χ0v) is 10.1. The molecule has 0 saturated heterocycles. The van der Waals surface area contributed by atoms with Gasteiger partial charge in [-0.3, -0.25) is 0 Å². The largest absolute Gasteiger partial charge is 0.360 e. The van der Waals surface area contributed by atoms with Crippen LogP contribution < -0.4 is 5.32 Å². The monoisotopic (exact) mass is 214 g/mol. The molecule has 14 heavy (non-hydrogen) atoms. The van der Waals surface area contributed by atoms with Gasteiger partial charge in [-0.25, -0.2) is 4.98 Å². The van der Waals surface area contributed by atoms with Crippen molar-refractivity contribution in [2.75, 3.05) is 32.5 Å². The van der Waals surface area contributed by atoms with Crippen LogP contribution in [0, 0.1) is 5.41 Å². The van der Waals surface area contributed by atoms with Crippen molar-refractivity contribution in [1.29, 1.82) is 0 Å². The lowest BCUT2D eigenvalue weighted by atomic mass is 9.93. The molecule has 0 amide bonds. The molecule has 5 heteroatoms. The van der Waals surface area contributed by atoms with Crippen molar-refractivity contribution in [3.05, 3.63) is 6.33 Å². The van der Waals surface area contributed by atoms with Crippen LogP contribution in [-0.4, -0.2) is 41.4 Å². The lowest BCUT2D eigenvalue weighted by Gasteiger charge is -2.28. The molecule has 80 valence electrons. The Morgan fingerprint density at radius 2 is 2.21 bits per heavy atom. The minimum absolute atomic E-state index is 0.245.